The number of amides is 1. The van der Waals surface area contributed by atoms with Crippen LogP contribution < -0.4 is 11.1 Å². The number of primary amides is 1. The molecule has 0 spiro atoms. The predicted octanol–water partition coefficient (Wildman–Crippen LogP) is 0.145. The van der Waals surface area contributed by atoms with E-state index < -0.39 is 5.91 Å². The molecule has 2 rings (SSSR count). The molecule has 0 radical (unpaired) electrons. The minimum absolute atomic E-state index is 0.425. The van der Waals surface area contributed by atoms with Gasteiger partial charge in [-0.2, -0.15) is 0 Å². The Kier molecular flexibility index (Phi) is 3.69. The van der Waals surface area contributed by atoms with Crippen LogP contribution in [0.25, 0.3) is 0 Å². The van der Waals surface area contributed by atoms with Crippen LogP contribution in [0.5, 0.6) is 0 Å². The van der Waals surface area contributed by atoms with Gasteiger partial charge in [0.05, 0.1) is 18.4 Å². The van der Waals surface area contributed by atoms with Crippen molar-refractivity contribution >= 4 is 5.91 Å². The summed E-state index contributed by atoms with van der Waals surface area (Å²) in [5.74, 6) is -0.425. The molecule has 1 amide bonds. The zero-order valence-corrected chi connectivity index (χ0v) is 10.1. The Morgan fingerprint density at radius 3 is 3.06 bits per heavy atom. The van der Waals surface area contributed by atoms with Crippen molar-refractivity contribution in [2.45, 2.75) is 13.1 Å². The number of nitrogens with one attached hydrogen (secondary N) is 1. The third-order valence-corrected chi connectivity index (χ3v) is 2.50. The Morgan fingerprint density at radius 1 is 1.50 bits per heavy atom. The van der Waals surface area contributed by atoms with Crippen LogP contribution in [0.2, 0.25) is 0 Å². The van der Waals surface area contributed by atoms with Crippen molar-refractivity contribution in [3.05, 3.63) is 47.3 Å². The Balaban J connectivity index is 2.12. The fraction of sp³-hybridized carbons (Fsp3) is 0.250. The largest absolute Gasteiger partial charge is 0.366 e. The van der Waals surface area contributed by atoms with E-state index in [4.69, 9.17) is 5.73 Å². The molecular weight excluding hydrogens is 230 g/mol. The van der Waals surface area contributed by atoms with Crippen molar-refractivity contribution in [3.63, 3.8) is 0 Å². The smallest absolute Gasteiger partial charge is 0.248 e. The first-order chi connectivity index (χ1) is 8.69. The number of benzene rings is 1. The van der Waals surface area contributed by atoms with E-state index in [1.54, 1.807) is 22.9 Å². The second kappa shape index (κ2) is 5.42. The third-order valence-electron chi connectivity index (χ3n) is 2.50. The van der Waals surface area contributed by atoms with Crippen molar-refractivity contribution in [2.24, 2.45) is 5.73 Å². The van der Waals surface area contributed by atoms with Gasteiger partial charge in [0.15, 0.2) is 0 Å². The highest BCUT2D eigenvalue weighted by molar-refractivity contribution is 5.92. The Bertz CT molecular complexity index is 549. The van der Waals surface area contributed by atoms with Crippen LogP contribution in [-0.4, -0.2) is 27.9 Å². The molecule has 2 aromatic rings. The van der Waals surface area contributed by atoms with Gasteiger partial charge in [0.1, 0.15) is 0 Å². The summed E-state index contributed by atoms with van der Waals surface area (Å²) in [5.41, 5.74) is 7.58. The highest BCUT2D eigenvalue weighted by Crippen LogP contribution is 2.06. The molecular formula is C12H15N5O. The summed E-state index contributed by atoms with van der Waals surface area (Å²) in [5, 5.41) is 11.0. The van der Waals surface area contributed by atoms with Crippen molar-refractivity contribution in [1.29, 1.82) is 0 Å². The zero-order chi connectivity index (χ0) is 13.0. The van der Waals surface area contributed by atoms with Crippen LogP contribution in [0.3, 0.4) is 0 Å². The molecule has 1 heterocycles. The Morgan fingerprint density at radius 2 is 2.33 bits per heavy atom. The number of rotatable bonds is 5. The van der Waals surface area contributed by atoms with Gasteiger partial charge in [-0.25, -0.2) is 4.68 Å². The van der Waals surface area contributed by atoms with Gasteiger partial charge >= 0.3 is 0 Å². The lowest BCUT2D eigenvalue weighted by Gasteiger charge is -2.02. The van der Waals surface area contributed by atoms with Gasteiger partial charge in [-0.15, -0.1) is 5.10 Å². The van der Waals surface area contributed by atoms with Gasteiger partial charge in [-0.3, -0.25) is 4.79 Å². The molecule has 0 saturated heterocycles. The molecule has 6 heteroatoms. The SMILES string of the molecule is CNCc1cn(Cc2cccc(C(N)=O)c2)nn1. The van der Waals surface area contributed by atoms with Crippen molar-refractivity contribution in [1.82, 2.24) is 20.3 Å². The first-order valence-corrected chi connectivity index (χ1v) is 5.61. The number of nitrogens with zero attached hydrogens (tertiary/aromatic N) is 3. The number of hydrogen-bond acceptors (Lipinski definition) is 4. The molecule has 18 heavy (non-hydrogen) atoms. The Hall–Kier alpha value is -2.21. The first-order valence-electron chi connectivity index (χ1n) is 5.61. The van der Waals surface area contributed by atoms with Gasteiger partial charge in [-0.05, 0) is 24.7 Å². The topological polar surface area (TPSA) is 85.8 Å². The Labute approximate surface area is 105 Å². The van der Waals surface area contributed by atoms with E-state index in [1.165, 1.54) is 0 Å². The summed E-state index contributed by atoms with van der Waals surface area (Å²) >= 11 is 0. The van der Waals surface area contributed by atoms with E-state index in [2.05, 4.69) is 15.6 Å². The molecule has 0 aliphatic rings. The second-order valence-corrected chi connectivity index (χ2v) is 4.00. The van der Waals surface area contributed by atoms with Gasteiger partial charge < -0.3 is 11.1 Å². The van der Waals surface area contributed by atoms with Crippen LogP contribution in [0.15, 0.2) is 30.5 Å². The van der Waals surface area contributed by atoms with Gasteiger partial charge in [0.2, 0.25) is 5.91 Å². The normalized spacial score (nSPS) is 10.5. The lowest BCUT2D eigenvalue weighted by molar-refractivity contribution is 0.1000. The predicted molar refractivity (Wildman–Crippen MR) is 66.8 cm³/mol. The fourth-order valence-electron chi connectivity index (χ4n) is 1.69. The molecule has 0 atom stereocenters. The van der Waals surface area contributed by atoms with Crippen LogP contribution in [0, 0.1) is 0 Å². The second-order valence-electron chi connectivity index (χ2n) is 4.00. The number of nitrogens with two attached hydrogens (primary N) is 1. The molecule has 1 aromatic carbocycles. The highest BCUT2D eigenvalue weighted by Gasteiger charge is 2.04. The van der Waals surface area contributed by atoms with Crippen molar-refractivity contribution < 1.29 is 4.79 Å². The average Bonchev–Trinajstić information content (AvgIpc) is 2.77. The minimum Gasteiger partial charge on any atom is -0.366 e. The molecule has 3 N–H and O–H groups in total. The summed E-state index contributed by atoms with van der Waals surface area (Å²) < 4.78 is 1.73. The van der Waals surface area contributed by atoms with Crippen LogP contribution in [-0.2, 0) is 13.1 Å². The molecule has 0 aliphatic heterocycles. The van der Waals surface area contributed by atoms with E-state index in [0.717, 1.165) is 11.3 Å². The maximum atomic E-state index is 11.1. The fourth-order valence-corrected chi connectivity index (χ4v) is 1.69. The van der Waals surface area contributed by atoms with E-state index in [-0.39, 0.29) is 0 Å². The van der Waals surface area contributed by atoms with Crippen LogP contribution >= 0.6 is 0 Å². The lowest BCUT2D eigenvalue weighted by Crippen LogP contribution is -2.11. The van der Waals surface area contributed by atoms with Crippen LogP contribution in [0.1, 0.15) is 21.6 Å². The van der Waals surface area contributed by atoms with E-state index in [1.807, 2.05) is 19.3 Å². The summed E-state index contributed by atoms with van der Waals surface area (Å²) in [6.45, 7) is 1.25. The van der Waals surface area contributed by atoms with E-state index in [0.29, 0.717) is 18.7 Å². The first kappa shape index (κ1) is 12.3. The maximum absolute atomic E-state index is 11.1. The molecule has 0 saturated carbocycles. The third kappa shape index (κ3) is 2.92. The van der Waals surface area contributed by atoms with Gasteiger partial charge in [-0.1, -0.05) is 17.3 Å². The number of aromatic nitrogens is 3. The van der Waals surface area contributed by atoms with E-state index >= 15 is 0 Å². The maximum Gasteiger partial charge on any atom is 0.248 e. The summed E-state index contributed by atoms with van der Waals surface area (Å²) in [4.78, 5) is 11.1. The molecule has 94 valence electrons. The summed E-state index contributed by atoms with van der Waals surface area (Å²) in [6, 6.07) is 7.19. The average molecular weight is 245 g/mol. The van der Waals surface area contributed by atoms with Crippen molar-refractivity contribution in [3.8, 4) is 0 Å². The molecule has 1 aromatic heterocycles. The lowest BCUT2D eigenvalue weighted by atomic mass is 10.1. The highest BCUT2D eigenvalue weighted by atomic mass is 16.1. The number of carbonyl (C=O) groups excluding carboxylic acids is 1. The number of hydrogen-bond donors (Lipinski definition) is 2. The number of carbonyl (C=O) groups is 1. The van der Waals surface area contributed by atoms with Crippen LogP contribution in [0.4, 0.5) is 0 Å². The molecule has 0 bridgehead atoms. The molecule has 0 aliphatic carbocycles. The molecule has 0 fully saturated rings. The van der Waals surface area contributed by atoms with Crippen molar-refractivity contribution in [2.75, 3.05) is 7.05 Å². The summed E-state index contributed by atoms with van der Waals surface area (Å²) in [6.07, 6.45) is 1.87. The standard InChI is InChI=1S/C12H15N5O/c1-14-6-11-8-17(16-15-11)7-9-3-2-4-10(5-9)12(13)18/h2-5,8,14H,6-7H2,1H3,(H2,13,18). The molecule has 6 nitrogen and oxygen atoms in total. The monoisotopic (exact) mass is 245 g/mol. The minimum atomic E-state index is -0.425. The van der Waals surface area contributed by atoms with E-state index in [9.17, 15) is 4.79 Å². The van der Waals surface area contributed by atoms with Gasteiger partial charge in [0.25, 0.3) is 0 Å². The molecule has 0 unspecified atom stereocenters. The quantitative estimate of drug-likeness (QED) is 0.784. The summed E-state index contributed by atoms with van der Waals surface area (Å²) in [7, 11) is 1.86. The van der Waals surface area contributed by atoms with Gasteiger partial charge in [0, 0.05) is 12.1 Å². The zero-order valence-electron chi connectivity index (χ0n) is 10.1.